The average Bonchev–Trinajstić information content (AvgIpc) is 2.41. The van der Waals surface area contributed by atoms with Crippen LogP contribution in [0.5, 0.6) is 0 Å². The summed E-state index contributed by atoms with van der Waals surface area (Å²) in [6.45, 7) is 0. The van der Waals surface area contributed by atoms with Gasteiger partial charge in [0.15, 0.2) is 0 Å². The summed E-state index contributed by atoms with van der Waals surface area (Å²) in [5, 5.41) is 2.24. The van der Waals surface area contributed by atoms with E-state index in [4.69, 9.17) is 0 Å². The Kier molecular flexibility index (Phi) is 6.93. The molecule has 8 nitrogen and oxygen atoms in total. The molecule has 1 aromatic carbocycles. The Morgan fingerprint density at radius 1 is 1.11 bits per heavy atom. The standard InChI is InChI=1S/C8H5NO5S.Na.2H2O/c10-7-5-3-4(15(12,13)14)1-2-6(5)9-8(7)11;;;/h1-3H,(H,9,10,11)(H,12,13,14);;2*1H2/q;+1;;/p-1. The maximum Gasteiger partial charge on any atom is 1.00 e. The van der Waals surface area contributed by atoms with Crippen LogP contribution < -0.4 is 34.9 Å². The zero-order valence-corrected chi connectivity index (χ0v) is 12.0. The summed E-state index contributed by atoms with van der Waals surface area (Å²) in [4.78, 5) is 21.5. The number of hydrogen-bond acceptors (Lipinski definition) is 5. The van der Waals surface area contributed by atoms with Gasteiger partial charge in [0.25, 0.3) is 11.7 Å². The molecule has 1 heterocycles. The molecule has 0 atom stereocenters. The third kappa shape index (κ3) is 3.36. The molecule has 1 aliphatic rings. The first-order valence-corrected chi connectivity index (χ1v) is 5.26. The van der Waals surface area contributed by atoms with Crippen molar-refractivity contribution < 1.29 is 63.1 Å². The predicted molar refractivity (Wildman–Crippen MR) is 54.6 cm³/mol. The van der Waals surface area contributed by atoms with Crippen molar-refractivity contribution in [2.24, 2.45) is 0 Å². The SMILES string of the molecule is O.O.O=C1Nc2ccc(S(=O)(=O)[O-])cc2C1=O.[Na+]. The fourth-order valence-corrected chi connectivity index (χ4v) is 1.77. The molecule has 0 aliphatic carbocycles. The summed E-state index contributed by atoms with van der Waals surface area (Å²) >= 11 is 0. The Labute approximate surface area is 124 Å². The predicted octanol–water partition coefficient (Wildman–Crippen LogP) is -4.92. The number of anilines is 1. The van der Waals surface area contributed by atoms with Gasteiger partial charge < -0.3 is 20.8 Å². The number of amides is 1. The molecule has 94 valence electrons. The molecular formula is C8H8NNaO7S. The summed E-state index contributed by atoms with van der Waals surface area (Å²) < 4.78 is 31.9. The van der Waals surface area contributed by atoms with E-state index in [-0.39, 0.29) is 51.8 Å². The Morgan fingerprint density at radius 2 is 1.67 bits per heavy atom. The molecule has 0 bridgehead atoms. The fourth-order valence-electron chi connectivity index (χ4n) is 1.28. The van der Waals surface area contributed by atoms with Crippen molar-refractivity contribution in [1.82, 2.24) is 0 Å². The van der Waals surface area contributed by atoms with Crippen molar-refractivity contribution in [3.05, 3.63) is 23.8 Å². The number of ketones is 1. The molecule has 10 heteroatoms. The molecule has 0 fully saturated rings. The molecule has 0 spiro atoms. The number of fused-ring (bicyclic) bond motifs is 1. The number of carbonyl (C=O) groups excluding carboxylic acids is 2. The van der Waals surface area contributed by atoms with Crippen LogP contribution in [-0.2, 0) is 14.9 Å². The minimum absolute atomic E-state index is 0. The first-order chi connectivity index (χ1) is 6.89. The van der Waals surface area contributed by atoms with Gasteiger partial charge in [-0.25, -0.2) is 8.42 Å². The van der Waals surface area contributed by atoms with E-state index in [1.54, 1.807) is 0 Å². The van der Waals surface area contributed by atoms with Gasteiger partial charge in [-0.2, -0.15) is 0 Å². The van der Waals surface area contributed by atoms with Gasteiger partial charge in [-0.15, -0.1) is 0 Å². The number of rotatable bonds is 1. The van der Waals surface area contributed by atoms with E-state index in [2.05, 4.69) is 5.32 Å². The summed E-state index contributed by atoms with van der Waals surface area (Å²) in [5.41, 5.74) is 0.134. The molecule has 1 amide bonds. The van der Waals surface area contributed by atoms with Crippen molar-refractivity contribution in [3.63, 3.8) is 0 Å². The van der Waals surface area contributed by atoms with E-state index in [1.165, 1.54) is 6.07 Å². The van der Waals surface area contributed by atoms with Crippen molar-refractivity contribution in [2.75, 3.05) is 5.32 Å². The number of Topliss-reactive ketones (excluding diaryl/α,β-unsaturated/α-hetero) is 1. The van der Waals surface area contributed by atoms with Crippen LogP contribution in [-0.4, -0.2) is 35.6 Å². The maximum atomic E-state index is 11.2. The van der Waals surface area contributed by atoms with E-state index < -0.39 is 26.7 Å². The molecule has 5 N–H and O–H groups in total. The largest absolute Gasteiger partial charge is 1.00 e. The number of benzene rings is 1. The second kappa shape index (κ2) is 6.38. The fraction of sp³-hybridized carbons (Fsp3) is 0. The van der Waals surface area contributed by atoms with Gasteiger partial charge in [0, 0.05) is 0 Å². The molecule has 18 heavy (non-hydrogen) atoms. The van der Waals surface area contributed by atoms with Gasteiger partial charge in [-0.1, -0.05) is 0 Å². The van der Waals surface area contributed by atoms with Gasteiger partial charge in [-0.05, 0) is 18.2 Å². The first kappa shape index (κ1) is 19.5. The molecule has 1 aliphatic heterocycles. The third-order valence-corrected chi connectivity index (χ3v) is 2.81. The minimum atomic E-state index is -4.61. The van der Waals surface area contributed by atoms with Crippen LogP contribution in [0.1, 0.15) is 10.4 Å². The molecule has 0 unspecified atom stereocenters. The summed E-state index contributed by atoms with van der Waals surface area (Å²) in [6, 6.07) is 3.15. The summed E-state index contributed by atoms with van der Waals surface area (Å²) in [7, 11) is -4.61. The van der Waals surface area contributed by atoms with E-state index in [0.29, 0.717) is 0 Å². The average molecular weight is 285 g/mol. The Hall–Kier alpha value is -0.810. The van der Waals surface area contributed by atoms with E-state index in [9.17, 15) is 22.6 Å². The minimum Gasteiger partial charge on any atom is -0.744 e. The maximum absolute atomic E-state index is 11.2. The van der Waals surface area contributed by atoms with Crippen molar-refractivity contribution in [1.29, 1.82) is 0 Å². The second-order valence-electron chi connectivity index (χ2n) is 2.94. The Bertz CT molecular complexity index is 583. The molecule has 2 rings (SSSR count). The van der Waals surface area contributed by atoms with Gasteiger partial charge >= 0.3 is 29.6 Å². The zero-order chi connectivity index (χ0) is 11.2. The molecule has 0 radical (unpaired) electrons. The van der Waals surface area contributed by atoms with Gasteiger partial charge in [-0.3, -0.25) is 9.59 Å². The van der Waals surface area contributed by atoms with Crippen LogP contribution in [0.4, 0.5) is 5.69 Å². The third-order valence-electron chi connectivity index (χ3n) is 1.98. The van der Waals surface area contributed by atoms with Crippen LogP contribution in [0.2, 0.25) is 0 Å². The molecule has 1 aromatic rings. The van der Waals surface area contributed by atoms with Crippen LogP contribution in [0.3, 0.4) is 0 Å². The van der Waals surface area contributed by atoms with E-state index >= 15 is 0 Å². The van der Waals surface area contributed by atoms with Crippen molar-refractivity contribution in [3.8, 4) is 0 Å². The molecular weight excluding hydrogens is 277 g/mol. The van der Waals surface area contributed by atoms with Crippen molar-refractivity contribution >= 4 is 27.5 Å². The normalized spacial score (nSPS) is 12.5. The quantitative estimate of drug-likeness (QED) is 0.309. The van der Waals surface area contributed by atoms with Gasteiger partial charge in [0.05, 0.1) is 16.1 Å². The molecule has 0 saturated carbocycles. The van der Waals surface area contributed by atoms with E-state index in [1.807, 2.05) is 0 Å². The van der Waals surface area contributed by atoms with Crippen LogP contribution >= 0.6 is 0 Å². The summed E-state index contributed by atoms with van der Waals surface area (Å²) in [5.74, 6) is -1.67. The topological polar surface area (TPSA) is 166 Å². The summed E-state index contributed by atoms with van der Waals surface area (Å²) in [6.07, 6.45) is 0. The Balaban J connectivity index is 0. The molecule has 0 saturated heterocycles. The van der Waals surface area contributed by atoms with Crippen LogP contribution in [0, 0.1) is 0 Å². The monoisotopic (exact) mass is 285 g/mol. The number of nitrogens with one attached hydrogen (secondary N) is 1. The first-order valence-electron chi connectivity index (χ1n) is 3.85. The smallest absolute Gasteiger partial charge is 0.744 e. The van der Waals surface area contributed by atoms with Crippen molar-refractivity contribution in [2.45, 2.75) is 4.90 Å². The van der Waals surface area contributed by atoms with Crippen LogP contribution in [0.25, 0.3) is 0 Å². The number of carbonyl (C=O) groups is 2. The Morgan fingerprint density at radius 3 is 2.17 bits per heavy atom. The van der Waals surface area contributed by atoms with Gasteiger partial charge in [0.1, 0.15) is 10.1 Å². The van der Waals surface area contributed by atoms with Gasteiger partial charge in [0.2, 0.25) is 0 Å². The van der Waals surface area contributed by atoms with Crippen LogP contribution in [0.15, 0.2) is 23.1 Å². The van der Waals surface area contributed by atoms with E-state index in [0.717, 1.165) is 12.1 Å². The molecule has 0 aromatic heterocycles. The number of hydrogen-bond donors (Lipinski definition) is 1. The zero-order valence-electron chi connectivity index (χ0n) is 9.18. The second-order valence-corrected chi connectivity index (χ2v) is 4.32.